The lowest BCUT2D eigenvalue weighted by atomic mass is 9.94. The number of rotatable bonds is 3. The lowest BCUT2D eigenvalue weighted by molar-refractivity contribution is -0.113. The molecule has 1 atom stereocenters. The third-order valence-corrected chi connectivity index (χ3v) is 3.94. The van der Waals surface area contributed by atoms with Gasteiger partial charge in [0.2, 0.25) is 0 Å². The molecule has 3 heteroatoms. The standard InChI is InChI=1S/C10H13NOS/c1-9(2)6-10(9,7-12)5-8-11-3-4-13-8/h3-4,7H,5-6H2,1-2H3. The number of nitrogens with zero attached hydrogens (tertiary/aromatic N) is 1. The maximum absolute atomic E-state index is 11.0. The van der Waals surface area contributed by atoms with Gasteiger partial charge in [-0.1, -0.05) is 13.8 Å². The van der Waals surface area contributed by atoms with Crippen LogP contribution in [0.3, 0.4) is 0 Å². The second-order valence-corrected chi connectivity index (χ2v) is 5.42. The van der Waals surface area contributed by atoms with E-state index in [1.165, 1.54) is 0 Å². The molecule has 0 aliphatic heterocycles. The number of hydrogen-bond donors (Lipinski definition) is 0. The van der Waals surface area contributed by atoms with E-state index in [0.29, 0.717) is 0 Å². The van der Waals surface area contributed by atoms with Crippen LogP contribution in [0.2, 0.25) is 0 Å². The zero-order valence-corrected chi connectivity index (χ0v) is 8.73. The van der Waals surface area contributed by atoms with Crippen LogP contribution < -0.4 is 0 Å². The van der Waals surface area contributed by atoms with Gasteiger partial charge in [0.25, 0.3) is 0 Å². The van der Waals surface area contributed by atoms with Crippen LogP contribution in [0.1, 0.15) is 25.3 Å². The van der Waals surface area contributed by atoms with Gasteiger partial charge in [-0.15, -0.1) is 11.3 Å². The van der Waals surface area contributed by atoms with Gasteiger partial charge >= 0.3 is 0 Å². The van der Waals surface area contributed by atoms with Gasteiger partial charge in [0.1, 0.15) is 6.29 Å². The molecule has 0 aromatic carbocycles. The summed E-state index contributed by atoms with van der Waals surface area (Å²) in [5.41, 5.74) is 0.0608. The van der Waals surface area contributed by atoms with Crippen molar-refractivity contribution in [3.05, 3.63) is 16.6 Å². The van der Waals surface area contributed by atoms with E-state index < -0.39 is 0 Å². The van der Waals surface area contributed by atoms with Crippen LogP contribution in [0, 0.1) is 10.8 Å². The van der Waals surface area contributed by atoms with Gasteiger partial charge in [-0.2, -0.15) is 0 Å². The van der Waals surface area contributed by atoms with Gasteiger partial charge in [-0.05, 0) is 11.8 Å². The molecule has 13 heavy (non-hydrogen) atoms. The fourth-order valence-corrected chi connectivity index (χ4v) is 2.64. The third-order valence-electron chi connectivity index (χ3n) is 3.16. The lowest BCUT2D eigenvalue weighted by Crippen LogP contribution is -2.13. The molecule has 1 aromatic heterocycles. The van der Waals surface area contributed by atoms with Crippen LogP contribution in [0.15, 0.2) is 11.6 Å². The topological polar surface area (TPSA) is 30.0 Å². The minimum atomic E-state index is -0.120. The molecule has 0 amide bonds. The van der Waals surface area contributed by atoms with Crippen molar-refractivity contribution in [1.82, 2.24) is 4.98 Å². The Kier molecular flexibility index (Phi) is 1.80. The van der Waals surface area contributed by atoms with Crippen LogP contribution in [-0.2, 0) is 11.2 Å². The molecule has 1 unspecified atom stereocenters. The number of carbonyl (C=O) groups excluding carboxylic acids is 1. The average Bonchev–Trinajstić information content (AvgIpc) is 2.52. The molecule has 0 bridgehead atoms. The summed E-state index contributed by atoms with van der Waals surface area (Å²) in [4.78, 5) is 15.2. The second kappa shape index (κ2) is 2.64. The summed E-state index contributed by atoms with van der Waals surface area (Å²) in [5.74, 6) is 0. The molecule has 2 nitrogen and oxygen atoms in total. The molecule has 2 rings (SSSR count). The van der Waals surface area contributed by atoms with Crippen molar-refractivity contribution >= 4 is 17.6 Å². The number of thiazole rings is 1. The Morgan fingerprint density at radius 1 is 1.69 bits per heavy atom. The zero-order chi connectivity index (χ0) is 9.53. The van der Waals surface area contributed by atoms with Crippen molar-refractivity contribution in [2.75, 3.05) is 0 Å². The van der Waals surface area contributed by atoms with E-state index >= 15 is 0 Å². The normalized spacial score (nSPS) is 30.0. The maximum atomic E-state index is 11.0. The SMILES string of the molecule is CC1(C)CC1(C=O)Cc1nccs1. The van der Waals surface area contributed by atoms with Crippen molar-refractivity contribution < 1.29 is 4.79 Å². The Morgan fingerprint density at radius 2 is 2.38 bits per heavy atom. The van der Waals surface area contributed by atoms with E-state index in [1.54, 1.807) is 17.5 Å². The Balaban J connectivity index is 2.14. The van der Waals surface area contributed by atoms with E-state index in [-0.39, 0.29) is 10.8 Å². The van der Waals surface area contributed by atoms with Crippen LogP contribution >= 0.6 is 11.3 Å². The van der Waals surface area contributed by atoms with E-state index in [1.807, 2.05) is 5.38 Å². The quantitative estimate of drug-likeness (QED) is 0.693. The molecule has 0 spiro atoms. The van der Waals surface area contributed by atoms with Gasteiger partial charge in [0, 0.05) is 23.4 Å². The van der Waals surface area contributed by atoms with Crippen LogP contribution in [0.4, 0.5) is 0 Å². The van der Waals surface area contributed by atoms with E-state index in [4.69, 9.17) is 0 Å². The molecule has 1 heterocycles. The molecule has 0 radical (unpaired) electrons. The molecule has 1 aliphatic rings. The first kappa shape index (κ1) is 8.88. The molecular formula is C10H13NOS. The molecule has 1 aromatic rings. The smallest absolute Gasteiger partial charge is 0.127 e. The minimum absolute atomic E-state index is 0.120. The molecule has 1 saturated carbocycles. The summed E-state index contributed by atoms with van der Waals surface area (Å²) in [7, 11) is 0. The van der Waals surface area contributed by atoms with Crippen LogP contribution in [-0.4, -0.2) is 11.3 Å². The van der Waals surface area contributed by atoms with Gasteiger partial charge in [0.05, 0.1) is 5.01 Å². The van der Waals surface area contributed by atoms with Gasteiger partial charge in [-0.25, -0.2) is 4.98 Å². The molecule has 0 saturated heterocycles. The monoisotopic (exact) mass is 195 g/mol. The highest BCUT2D eigenvalue weighted by atomic mass is 32.1. The maximum Gasteiger partial charge on any atom is 0.127 e. The lowest BCUT2D eigenvalue weighted by Gasteiger charge is -2.10. The highest BCUT2D eigenvalue weighted by Crippen LogP contribution is 2.63. The van der Waals surface area contributed by atoms with Crippen molar-refractivity contribution in [3.63, 3.8) is 0 Å². The molecule has 1 fully saturated rings. The van der Waals surface area contributed by atoms with E-state index in [9.17, 15) is 4.79 Å². The van der Waals surface area contributed by atoms with Crippen molar-refractivity contribution in [2.24, 2.45) is 10.8 Å². The zero-order valence-electron chi connectivity index (χ0n) is 7.91. The average molecular weight is 195 g/mol. The largest absolute Gasteiger partial charge is 0.303 e. The first-order valence-corrected chi connectivity index (χ1v) is 5.32. The van der Waals surface area contributed by atoms with E-state index in [0.717, 1.165) is 24.1 Å². The predicted molar refractivity (Wildman–Crippen MR) is 52.7 cm³/mol. The van der Waals surface area contributed by atoms with Crippen molar-refractivity contribution in [1.29, 1.82) is 0 Å². The first-order chi connectivity index (χ1) is 6.10. The Bertz CT molecular complexity index is 318. The first-order valence-electron chi connectivity index (χ1n) is 4.44. The number of aromatic nitrogens is 1. The molecular weight excluding hydrogens is 182 g/mol. The second-order valence-electron chi connectivity index (χ2n) is 4.44. The number of carbonyl (C=O) groups is 1. The molecule has 0 N–H and O–H groups in total. The fraction of sp³-hybridized carbons (Fsp3) is 0.600. The summed E-state index contributed by atoms with van der Waals surface area (Å²) in [6.07, 6.45) is 4.74. The molecule has 70 valence electrons. The summed E-state index contributed by atoms with van der Waals surface area (Å²) >= 11 is 1.64. The van der Waals surface area contributed by atoms with Crippen LogP contribution in [0.5, 0.6) is 0 Å². The highest BCUT2D eigenvalue weighted by Gasteiger charge is 2.61. The van der Waals surface area contributed by atoms with Gasteiger partial charge < -0.3 is 4.79 Å². The highest BCUT2D eigenvalue weighted by molar-refractivity contribution is 7.09. The Hall–Kier alpha value is -0.700. The fourth-order valence-electron chi connectivity index (χ4n) is 1.90. The minimum Gasteiger partial charge on any atom is -0.303 e. The van der Waals surface area contributed by atoms with E-state index in [2.05, 4.69) is 18.8 Å². The van der Waals surface area contributed by atoms with Gasteiger partial charge in [0.15, 0.2) is 0 Å². The third kappa shape index (κ3) is 1.31. The summed E-state index contributed by atoms with van der Waals surface area (Å²) in [5, 5.41) is 3.04. The number of aldehydes is 1. The Labute approximate surface area is 82.0 Å². The predicted octanol–water partition coefficient (Wildman–Crippen LogP) is 2.30. The van der Waals surface area contributed by atoms with Gasteiger partial charge in [-0.3, -0.25) is 0 Å². The van der Waals surface area contributed by atoms with Crippen molar-refractivity contribution in [2.45, 2.75) is 26.7 Å². The summed E-state index contributed by atoms with van der Waals surface area (Å²) in [6.45, 7) is 4.30. The Morgan fingerprint density at radius 3 is 2.77 bits per heavy atom. The summed E-state index contributed by atoms with van der Waals surface area (Å²) < 4.78 is 0. The van der Waals surface area contributed by atoms with Crippen molar-refractivity contribution in [3.8, 4) is 0 Å². The van der Waals surface area contributed by atoms with Crippen LogP contribution in [0.25, 0.3) is 0 Å². The molecule has 1 aliphatic carbocycles. The number of hydrogen-bond acceptors (Lipinski definition) is 3. The summed E-state index contributed by atoms with van der Waals surface area (Å²) in [6, 6.07) is 0.